The van der Waals surface area contributed by atoms with E-state index in [1.165, 1.54) is 15.9 Å². The van der Waals surface area contributed by atoms with Crippen LogP contribution in [0.25, 0.3) is 0 Å². The fourth-order valence-electron chi connectivity index (χ4n) is 3.18. The molecule has 3 aromatic carbocycles. The smallest absolute Gasteiger partial charge is 0.0767 e. The van der Waals surface area contributed by atoms with Gasteiger partial charge in [0.05, 0.1) is 7.92 Å². The van der Waals surface area contributed by atoms with Gasteiger partial charge in [0, 0.05) is 29.9 Å². The molecule has 0 amide bonds. The van der Waals surface area contributed by atoms with Crippen molar-refractivity contribution < 1.29 is 36.0 Å². The van der Waals surface area contributed by atoms with Crippen molar-refractivity contribution in [1.82, 2.24) is 0 Å². The van der Waals surface area contributed by atoms with E-state index in [-0.39, 0.29) is 35.9 Å². The van der Waals surface area contributed by atoms with Gasteiger partial charge in [-0.3, -0.25) is 11.1 Å². The second kappa shape index (κ2) is 21.0. The minimum atomic E-state index is -0.877. The van der Waals surface area contributed by atoms with Crippen LogP contribution < -0.4 is 15.9 Å². The molecule has 1 aliphatic carbocycles. The van der Waals surface area contributed by atoms with Crippen LogP contribution in [0.2, 0.25) is 0 Å². The molecule has 0 bridgehead atoms. The third kappa shape index (κ3) is 15.3. The first-order valence-corrected chi connectivity index (χ1v) is 13.4. The summed E-state index contributed by atoms with van der Waals surface area (Å²) < 4.78 is 12.4. The largest absolute Gasteiger partial charge is 0.102 e. The average molecular weight is 569 g/mol. The molecule has 1 aliphatic rings. The first kappa shape index (κ1) is 35.0. The number of carbonyl (C=O) groups is 1. The maximum absolute atomic E-state index is 10.8. The average Bonchev–Trinajstić information content (AvgIpc) is 3.51. The third-order valence-electron chi connectivity index (χ3n) is 4.59. The zero-order valence-corrected chi connectivity index (χ0v) is 24.1. The molecule has 0 aliphatic heterocycles. The molecule has 0 saturated heterocycles. The molecule has 0 fully saturated rings. The van der Waals surface area contributed by atoms with Crippen molar-refractivity contribution in [2.45, 2.75) is 39.2 Å². The van der Waals surface area contributed by atoms with Gasteiger partial charge in [-0.1, -0.05) is 78.9 Å². The fourth-order valence-corrected chi connectivity index (χ4v) is 5.76. The van der Waals surface area contributed by atoms with Crippen molar-refractivity contribution in [2.24, 2.45) is 0 Å². The van der Waals surface area contributed by atoms with Crippen molar-refractivity contribution in [2.75, 3.05) is 0 Å². The van der Waals surface area contributed by atoms with E-state index in [1.54, 1.807) is 27.1 Å². The fraction of sp³-hybridized carbons (Fsp3) is 0.188. The Balaban J connectivity index is 0.000000612. The normalized spacial score (nSPS) is 10.8. The quantitative estimate of drug-likeness (QED) is 0.126. The molecule has 0 N–H and O–H groups in total. The molecule has 0 aromatic heterocycles. The topological polar surface area (TPSA) is 63.3 Å². The minimum Gasteiger partial charge on any atom is -0.0767 e. The second-order valence-electron chi connectivity index (χ2n) is 8.67. The zero-order valence-electron chi connectivity index (χ0n) is 21.9. The molecule has 0 unspecified atom stereocenters. The van der Waals surface area contributed by atoms with Crippen LogP contribution in [0, 0.1) is 13.1 Å². The Labute approximate surface area is 239 Å². The minimum absolute atomic E-state index is 0. The second-order valence-corrected chi connectivity index (χ2v) is 11.1. The van der Waals surface area contributed by atoms with E-state index in [2.05, 4.69) is 97.6 Å². The molecule has 1 radical (unpaired) electrons. The number of allylic oxidation sites excluding steroid dienone is 4. The van der Waals surface area contributed by atoms with Crippen LogP contribution in [0.15, 0.2) is 115 Å². The number of benzene rings is 3. The first-order valence-electron chi connectivity index (χ1n) is 11.9. The summed E-state index contributed by atoms with van der Waals surface area (Å²) in [4.78, 5) is 20.6. The standard InChI is InChI=1S/C18H15P.C8H13O3.C5H5.CO.Fe/c1-4-10-16(11-5-1)19(17-12-6-2-7-13-17)18-14-8-3-9-15-18;1-8(2,3)11-7(10)5-4-6-9;1-2-4-5-3-1;1-2;/h1-15H;4-5H2,1-3H3;1-5H;;/q;-1;;;/p+1. The molecule has 3 aromatic rings. The summed E-state index contributed by atoms with van der Waals surface area (Å²) in [5.74, 6) is -0.346. The third-order valence-corrected chi connectivity index (χ3v) is 7.33. The molecule has 4 rings (SSSR count). The van der Waals surface area contributed by atoms with E-state index in [0.29, 0.717) is 0 Å². The van der Waals surface area contributed by atoms with Gasteiger partial charge in [-0.15, -0.1) is 6.42 Å². The summed E-state index contributed by atoms with van der Waals surface area (Å²) in [6.07, 6.45) is 11.9. The first-order chi connectivity index (χ1) is 17.9. The Kier molecular flexibility index (Phi) is 19.3. The van der Waals surface area contributed by atoms with E-state index in [0.717, 1.165) is 0 Å². The van der Waals surface area contributed by atoms with Gasteiger partial charge in [0.2, 0.25) is 0 Å². The van der Waals surface area contributed by atoms with E-state index < -0.39 is 13.5 Å². The molecule has 0 atom stereocenters. The van der Waals surface area contributed by atoms with Gasteiger partial charge in [-0.2, -0.15) is 0 Å². The summed E-state index contributed by atoms with van der Waals surface area (Å²) in [5.41, 5.74) is -0.458. The molecule has 6 heteroatoms. The number of rotatable bonds is 6. The van der Waals surface area contributed by atoms with Crippen LogP contribution in [0.3, 0.4) is 0 Å². The van der Waals surface area contributed by atoms with Crippen LogP contribution in [-0.2, 0) is 36.0 Å². The molecule has 0 saturated carbocycles. The maximum Gasteiger partial charge on any atom is 0.102 e. The molecular formula is C32H34FeO4P. The molecule has 0 heterocycles. The van der Waals surface area contributed by atoms with Crippen LogP contribution in [-0.4, -0.2) is 17.9 Å². The van der Waals surface area contributed by atoms with E-state index in [9.17, 15) is 9.59 Å². The Morgan fingerprint density at radius 3 is 1.39 bits per heavy atom. The zero-order chi connectivity index (χ0) is 27.4. The van der Waals surface area contributed by atoms with Gasteiger partial charge in [0.15, 0.2) is 0 Å². The van der Waals surface area contributed by atoms with Crippen LogP contribution >= 0.6 is 7.92 Å². The molecule has 0 spiro atoms. The van der Waals surface area contributed by atoms with E-state index in [1.807, 2.05) is 30.7 Å². The Hall–Kier alpha value is -3.03. The summed E-state index contributed by atoms with van der Waals surface area (Å²) >= 11 is 0. The Morgan fingerprint density at radius 2 is 1.13 bits per heavy atom. The van der Waals surface area contributed by atoms with Gasteiger partial charge in [0.1, 0.15) is 21.5 Å². The van der Waals surface area contributed by atoms with Crippen molar-refractivity contribution >= 4 is 36.1 Å². The molecular weight excluding hydrogens is 535 g/mol. The Bertz CT molecular complexity index is 1000. The number of hydrogen-bond acceptors (Lipinski definition) is 3. The number of hydrogen-bond donors (Lipinski definition) is 0. The van der Waals surface area contributed by atoms with Crippen molar-refractivity contribution in [1.29, 1.82) is 0 Å². The molecule has 199 valence electrons. The summed E-state index contributed by atoms with van der Waals surface area (Å²) in [6, 6.07) is 32.5. The Morgan fingerprint density at radius 1 is 0.763 bits per heavy atom. The van der Waals surface area contributed by atoms with Crippen molar-refractivity contribution in [3.05, 3.63) is 128 Å². The number of carbonyl (C=O) groups excluding carboxylic acids is 2. The summed E-state index contributed by atoms with van der Waals surface area (Å²) in [6.45, 7) is 9.86. The summed E-state index contributed by atoms with van der Waals surface area (Å²) in [5, 5.41) is 4.31. The predicted octanol–water partition coefficient (Wildman–Crippen LogP) is 5.67. The van der Waals surface area contributed by atoms with Crippen LogP contribution in [0.1, 0.15) is 33.6 Å². The van der Waals surface area contributed by atoms with Gasteiger partial charge >= 0.3 is 17.3 Å². The van der Waals surface area contributed by atoms with Gasteiger partial charge in [-0.05, 0) is 57.2 Å². The van der Waals surface area contributed by atoms with E-state index in [4.69, 9.17) is 9.39 Å². The van der Waals surface area contributed by atoms with Crippen molar-refractivity contribution in [3.63, 3.8) is 0 Å². The van der Waals surface area contributed by atoms with Gasteiger partial charge in [0.25, 0.3) is 0 Å². The van der Waals surface area contributed by atoms with Gasteiger partial charge < -0.3 is 9.53 Å². The molecule has 4 nitrogen and oxygen atoms in total. The van der Waals surface area contributed by atoms with Crippen LogP contribution in [0.4, 0.5) is 0 Å². The number of esters is 1. The van der Waals surface area contributed by atoms with Crippen molar-refractivity contribution in [3.8, 4) is 0 Å². The SMILES string of the molecule is CC(C)(C)OC(=O)CC[C-]=O.[C-]#[O+].[CH]1C=CC=C1.[Fe].c1ccc([PH+](c2ccccc2)c2ccccc2)cc1. The van der Waals surface area contributed by atoms with Gasteiger partial charge in [-0.25, -0.2) is 0 Å². The maximum atomic E-state index is 10.8. The predicted molar refractivity (Wildman–Crippen MR) is 154 cm³/mol. The van der Waals surface area contributed by atoms with Crippen LogP contribution in [0.5, 0.6) is 0 Å². The number of ether oxygens (including phenoxy) is 1. The molecule has 38 heavy (non-hydrogen) atoms. The monoisotopic (exact) mass is 569 g/mol. The van der Waals surface area contributed by atoms with E-state index >= 15 is 0 Å². The summed E-state index contributed by atoms with van der Waals surface area (Å²) in [7, 11) is -0.877.